The molecule has 0 saturated heterocycles. The van der Waals surface area contributed by atoms with Crippen molar-refractivity contribution in [2.45, 2.75) is 0 Å². The lowest BCUT2D eigenvalue weighted by Gasteiger charge is -2.12. The second-order valence-electron chi connectivity index (χ2n) is 6.44. The van der Waals surface area contributed by atoms with Gasteiger partial charge >= 0.3 is 0 Å². The van der Waals surface area contributed by atoms with E-state index in [-0.39, 0.29) is 5.82 Å². The number of aromatic nitrogens is 2. The lowest BCUT2D eigenvalue weighted by atomic mass is 10.0. The van der Waals surface area contributed by atoms with Crippen molar-refractivity contribution in [3.05, 3.63) is 78.2 Å². The minimum atomic E-state index is -0.668. The molecule has 0 aliphatic carbocycles. The number of hydrogen-bond donors (Lipinski definition) is 1. The van der Waals surface area contributed by atoms with E-state index in [0.29, 0.717) is 33.7 Å². The summed E-state index contributed by atoms with van der Waals surface area (Å²) in [6.45, 7) is 0. The van der Waals surface area contributed by atoms with Gasteiger partial charge in [-0.2, -0.15) is 4.39 Å². The predicted molar refractivity (Wildman–Crippen MR) is 112 cm³/mol. The number of halogens is 1. The highest BCUT2D eigenvalue weighted by Gasteiger charge is 2.16. The van der Waals surface area contributed by atoms with Gasteiger partial charge in [-0.1, -0.05) is 24.3 Å². The predicted octanol–water partition coefficient (Wildman–Crippen LogP) is 4.71. The minimum Gasteiger partial charge on any atom is -0.493 e. The van der Waals surface area contributed by atoms with E-state index in [0.717, 1.165) is 5.56 Å². The molecule has 2 heterocycles. The summed E-state index contributed by atoms with van der Waals surface area (Å²) in [5, 5.41) is 3.32. The zero-order valence-corrected chi connectivity index (χ0v) is 16.3. The van der Waals surface area contributed by atoms with E-state index in [1.54, 1.807) is 32.4 Å². The third-order valence-electron chi connectivity index (χ3n) is 4.60. The van der Waals surface area contributed by atoms with Crippen LogP contribution in [0.5, 0.6) is 11.5 Å². The van der Waals surface area contributed by atoms with Crippen molar-refractivity contribution in [2.24, 2.45) is 0 Å². The van der Waals surface area contributed by atoms with E-state index in [9.17, 15) is 9.18 Å². The van der Waals surface area contributed by atoms with Crippen molar-refractivity contribution < 1.29 is 18.7 Å². The molecule has 0 radical (unpaired) electrons. The second kappa shape index (κ2) is 8.16. The van der Waals surface area contributed by atoms with Crippen LogP contribution in [0.15, 0.2) is 66.7 Å². The number of amides is 1. The Labute approximate surface area is 172 Å². The molecule has 150 valence electrons. The first-order valence-electron chi connectivity index (χ1n) is 9.15. The van der Waals surface area contributed by atoms with Gasteiger partial charge in [0.05, 0.1) is 31.0 Å². The largest absolute Gasteiger partial charge is 0.493 e. The molecule has 0 bridgehead atoms. The number of hydrogen-bond acceptors (Lipinski definition) is 5. The van der Waals surface area contributed by atoms with Crippen molar-refractivity contribution in [3.63, 3.8) is 0 Å². The van der Waals surface area contributed by atoms with E-state index in [1.807, 2.05) is 30.3 Å². The Hall–Kier alpha value is -4.00. The van der Waals surface area contributed by atoms with Crippen molar-refractivity contribution in [3.8, 4) is 22.8 Å². The van der Waals surface area contributed by atoms with Crippen LogP contribution in [0.1, 0.15) is 10.4 Å². The van der Waals surface area contributed by atoms with Crippen LogP contribution < -0.4 is 14.8 Å². The summed E-state index contributed by atoms with van der Waals surface area (Å²) in [6.07, 6.45) is 0. The van der Waals surface area contributed by atoms with E-state index in [2.05, 4.69) is 15.3 Å². The first kappa shape index (κ1) is 19.3. The molecule has 1 amide bonds. The molecule has 30 heavy (non-hydrogen) atoms. The molecular formula is C23H18FN3O3. The van der Waals surface area contributed by atoms with Gasteiger partial charge < -0.3 is 14.8 Å². The van der Waals surface area contributed by atoms with Gasteiger partial charge in [0, 0.05) is 10.9 Å². The Bertz CT molecular complexity index is 1240. The topological polar surface area (TPSA) is 73.3 Å². The summed E-state index contributed by atoms with van der Waals surface area (Å²) < 4.78 is 24.1. The molecule has 7 heteroatoms. The number of rotatable bonds is 5. The van der Waals surface area contributed by atoms with Crippen LogP contribution in [0.2, 0.25) is 0 Å². The molecule has 6 nitrogen and oxygen atoms in total. The van der Waals surface area contributed by atoms with Gasteiger partial charge in [-0.25, -0.2) is 9.97 Å². The average molecular weight is 403 g/mol. The zero-order valence-electron chi connectivity index (χ0n) is 16.3. The summed E-state index contributed by atoms with van der Waals surface area (Å²) in [5.74, 6) is 0.206. The van der Waals surface area contributed by atoms with Crippen LogP contribution in [0.3, 0.4) is 0 Å². The highest BCUT2D eigenvalue weighted by Crippen LogP contribution is 2.33. The Morgan fingerprint density at radius 3 is 2.47 bits per heavy atom. The summed E-state index contributed by atoms with van der Waals surface area (Å²) in [7, 11) is 3.12. The number of anilines is 1. The molecular weight excluding hydrogens is 385 g/mol. The fourth-order valence-corrected chi connectivity index (χ4v) is 3.17. The number of nitrogens with zero attached hydrogens (tertiary/aromatic N) is 2. The lowest BCUT2D eigenvalue weighted by Crippen LogP contribution is -2.14. The smallest absolute Gasteiger partial charge is 0.257 e. The van der Waals surface area contributed by atoms with E-state index in [1.165, 1.54) is 18.2 Å². The van der Waals surface area contributed by atoms with Crippen molar-refractivity contribution in [1.82, 2.24) is 9.97 Å². The molecule has 0 aliphatic heterocycles. The van der Waals surface area contributed by atoms with E-state index >= 15 is 0 Å². The van der Waals surface area contributed by atoms with E-state index < -0.39 is 11.9 Å². The molecule has 1 N–H and O–H groups in total. The first-order valence-corrected chi connectivity index (χ1v) is 9.15. The lowest BCUT2D eigenvalue weighted by molar-refractivity contribution is 0.102. The standard InChI is InChI=1S/C23H18FN3O3/c1-29-19-11-10-14(12-20(19)30-2)18-13-16(15-6-3-4-7-17(15)25-18)23(28)27-22-9-5-8-21(24)26-22/h3-13H,1-2H3,(H,26,27,28). The number of benzene rings is 2. The number of ether oxygens (including phenoxy) is 2. The Kier molecular flexibility index (Phi) is 5.26. The molecule has 4 rings (SSSR count). The van der Waals surface area contributed by atoms with Crippen molar-refractivity contribution >= 4 is 22.6 Å². The normalized spacial score (nSPS) is 10.6. The Morgan fingerprint density at radius 2 is 1.70 bits per heavy atom. The number of pyridine rings is 2. The average Bonchev–Trinajstić information content (AvgIpc) is 2.77. The molecule has 0 atom stereocenters. The van der Waals surface area contributed by atoms with Crippen LogP contribution in [0.4, 0.5) is 10.2 Å². The van der Waals surface area contributed by atoms with Gasteiger partial charge in [0.1, 0.15) is 5.82 Å². The molecule has 0 spiro atoms. The quantitative estimate of drug-likeness (QED) is 0.489. The molecule has 0 saturated carbocycles. The fourth-order valence-electron chi connectivity index (χ4n) is 3.17. The minimum absolute atomic E-state index is 0.133. The highest BCUT2D eigenvalue weighted by molar-refractivity contribution is 6.12. The second-order valence-corrected chi connectivity index (χ2v) is 6.44. The maximum absolute atomic E-state index is 13.4. The maximum atomic E-state index is 13.4. The zero-order chi connectivity index (χ0) is 21.1. The van der Waals surface area contributed by atoms with Gasteiger partial charge in [0.15, 0.2) is 11.5 Å². The number of methoxy groups -OCH3 is 2. The van der Waals surface area contributed by atoms with Crippen molar-refractivity contribution in [1.29, 1.82) is 0 Å². The molecule has 2 aromatic heterocycles. The van der Waals surface area contributed by atoms with Crippen LogP contribution >= 0.6 is 0 Å². The summed E-state index contributed by atoms with van der Waals surface area (Å²) in [6, 6.07) is 18.7. The van der Waals surface area contributed by atoms with Gasteiger partial charge in [-0.15, -0.1) is 0 Å². The van der Waals surface area contributed by atoms with Crippen LogP contribution in [-0.4, -0.2) is 30.1 Å². The van der Waals surface area contributed by atoms with Crippen molar-refractivity contribution in [2.75, 3.05) is 19.5 Å². The van der Waals surface area contributed by atoms with Crippen LogP contribution in [-0.2, 0) is 0 Å². The van der Waals surface area contributed by atoms with E-state index in [4.69, 9.17) is 9.47 Å². The molecule has 0 fully saturated rings. The van der Waals surface area contributed by atoms with Gasteiger partial charge in [-0.3, -0.25) is 4.79 Å². The number of nitrogens with one attached hydrogen (secondary N) is 1. The Morgan fingerprint density at radius 1 is 0.900 bits per heavy atom. The number of fused-ring (bicyclic) bond motifs is 1. The summed E-state index contributed by atoms with van der Waals surface area (Å²) in [5.41, 5.74) is 2.40. The van der Waals surface area contributed by atoms with Gasteiger partial charge in [-0.05, 0) is 42.5 Å². The Balaban J connectivity index is 1.81. The third kappa shape index (κ3) is 3.77. The highest BCUT2D eigenvalue weighted by atomic mass is 19.1. The fraction of sp³-hybridized carbons (Fsp3) is 0.0870. The maximum Gasteiger partial charge on any atom is 0.257 e. The molecule has 2 aromatic carbocycles. The van der Waals surface area contributed by atoms with Gasteiger partial charge in [0.25, 0.3) is 5.91 Å². The molecule has 0 unspecified atom stereocenters. The van der Waals surface area contributed by atoms with Gasteiger partial charge in [0.2, 0.25) is 5.95 Å². The summed E-state index contributed by atoms with van der Waals surface area (Å²) in [4.78, 5) is 21.4. The monoisotopic (exact) mass is 403 g/mol. The molecule has 4 aromatic rings. The van der Waals surface area contributed by atoms with Crippen LogP contribution in [0, 0.1) is 5.95 Å². The first-order chi connectivity index (χ1) is 14.6. The SMILES string of the molecule is COc1ccc(-c2cc(C(=O)Nc3cccc(F)n3)c3ccccc3n2)cc1OC. The third-order valence-corrected chi connectivity index (χ3v) is 4.60. The number of carbonyl (C=O) groups excluding carboxylic acids is 1. The number of para-hydroxylation sites is 1. The number of carbonyl (C=O) groups is 1. The van der Waals surface area contributed by atoms with Crippen LogP contribution in [0.25, 0.3) is 22.2 Å². The summed E-state index contributed by atoms with van der Waals surface area (Å²) >= 11 is 0. The molecule has 0 aliphatic rings.